The van der Waals surface area contributed by atoms with Crippen LogP contribution in [0.25, 0.3) is 0 Å². The Morgan fingerprint density at radius 1 is 1.22 bits per heavy atom. The predicted molar refractivity (Wildman–Crippen MR) is 83.9 cm³/mol. The van der Waals surface area contributed by atoms with Crippen LogP contribution in [-0.4, -0.2) is 48.2 Å². The van der Waals surface area contributed by atoms with Gasteiger partial charge in [-0.15, -0.1) is 10.2 Å². The number of likely N-dealkylation sites (tertiary alicyclic amines) is 1. The molecule has 2 aromatic rings. The van der Waals surface area contributed by atoms with E-state index in [2.05, 4.69) is 19.7 Å². The largest absolute Gasteiger partial charge is 0.343 e. The van der Waals surface area contributed by atoms with E-state index in [1.165, 1.54) is 12.8 Å². The number of aromatic nitrogens is 5. The zero-order chi connectivity index (χ0) is 15.8. The first-order valence-electron chi connectivity index (χ1n) is 8.37. The summed E-state index contributed by atoms with van der Waals surface area (Å²) in [7, 11) is 0. The maximum Gasteiger partial charge on any atom is 0.219 e. The van der Waals surface area contributed by atoms with Crippen LogP contribution in [0.1, 0.15) is 56.2 Å². The van der Waals surface area contributed by atoms with E-state index in [-0.39, 0.29) is 5.91 Å². The fourth-order valence-corrected chi connectivity index (χ4v) is 3.45. The van der Waals surface area contributed by atoms with E-state index in [0.29, 0.717) is 12.0 Å². The molecule has 1 saturated heterocycles. The SMILES string of the molecule is CC(=O)N1CCC(c2nnc(Cn3ccnc3)n2C2CC2)CC1. The maximum atomic E-state index is 11.5. The Hall–Kier alpha value is -2.18. The molecule has 7 nitrogen and oxygen atoms in total. The molecule has 2 aromatic heterocycles. The second-order valence-electron chi connectivity index (χ2n) is 6.59. The van der Waals surface area contributed by atoms with E-state index < -0.39 is 0 Å². The van der Waals surface area contributed by atoms with Gasteiger partial charge in [0.15, 0.2) is 5.82 Å². The van der Waals surface area contributed by atoms with Crippen LogP contribution in [0.3, 0.4) is 0 Å². The topological polar surface area (TPSA) is 68.8 Å². The molecule has 0 N–H and O–H groups in total. The number of rotatable bonds is 4. The van der Waals surface area contributed by atoms with Crippen LogP contribution in [0.5, 0.6) is 0 Å². The number of hydrogen-bond donors (Lipinski definition) is 0. The van der Waals surface area contributed by atoms with Crippen LogP contribution in [0, 0.1) is 0 Å². The van der Waals surface area contributed by atoms with Gasteiger partial charge in [-0.3, -0.25) is 4.79 Å². The molecule has 0 spiro atoms. The van der Waals surface area contributed by atoms with Gasteiger partial charge in [0.25, 0.3) is 0 Å². The Balaban J connectivity index is 1.55. The van der Waals surface area contributed by atoms with Gasteiger partial charge in [0.2, 0.25) is 5.91 Å². The van der Waals surface area contributed by atoms with E-state index in [1.54, 1.807) is 13.1 Å². The van der Waals surface area contributed by atoms with Crippen LogP contribution >= 0.6 is 0 Å². The second kappa shape index (κ2) is 5.79. The van der Waals surface area contributed by atoms with Crippen molar-refractivity contribution in [2.75, 3.05) is 13.1 Å². The molecule has 0 bridgehead atoms. The quantitative estimate of drug-likeness (QED) is 0.859. The minimum absolute atomic E-state index is 0.174. The standard InChI is InChI=1S/C16H22N6O/c1-12(23)21-7-4-13(5-8-21)16-19-18-15(22(16)14-2-3-14)10-20-9-6-17-11-20/h6,9,11,13-14H,2-5,7-8,10H2,1H3. The lowest BCUT2D eigenvalue weighted by molar-refractivity contribution is -0.129. The van der Waals surface area contributed by atoms with Crippen molar-refractivity contribution in [1.29, 1.82) is 0 Å². The van der Waals surface area contributed by atoms with E-state index in [9.17, 15) is 4.79 Å². The van der Waals surface area contributed by atoms with Crippen LogP contribution in [-0.2, 0) is 11.3 Å². The zero-order valence-corrected chi connectivity index (χ0v) is 13.4. The molecular formula is C16H22N6O. The van der Waals surface area contributed by atoms with Gasteiger partial charge in [-0.1, -0.05) is 0 Å². The Kier molecular flexibility index (Phi) is 3.63. The van der Waals surface area contributed by atoms with Crippen molar-refractivity contribution in [2.45, 2.75) is 51.1 Å². The third-order valence-corrected chi connectivity index (χ3v) is 4.89. The monoisotopic (exact) mass is 314 g/mol. The maximum absolute atomic E-state index is 11.5. The summed E-state index contributed by atoms with van der Waals surface area (Å²) in [6.45, 7) is 4.02. The van der Waals surface area contributed by atoms with Gasteiger partial charge in [-0.2, -0.15) is 0 Å². The summed E-state index contributed by atoms with van der Waals surface area (Å²) in [5, 5.41) is 8.99. The van der Waals surface area contributed by atoms with Gasteiger partial charge in [0.1, 0.15) is 5.82 Å². The van der Waals surface area contributed by atoms with Gasteiger partial charge in [-0.25, -0.2) is 4.98 Å². The Labute approximate surface area is 135 Å². The van der Waals surface area contributed by atoms with E-state index in [1.807, 2.05) is 22.0 Å². The minimum atomic E-state index is 0.174. The molecule has 1 saturated carbocycles. The van der Waals surface area contributed by atoms with Crippen LogP contribution in [0.2, 0.25) is 0 Å². The minimum Gasteiger partial charge on any atom is -0.343 e. The molecule has 1 amide bonds. The van der Waals surface area contributed by atoms with Gasteiger partial charge in [0.05, 0.1) is 12.9 Å². The highest BCUT2D eigenvalue weighted by Crippen LogP contribution is 2.39. The molecule has 3 heterocycles. The number of piperidine rings is 1. The van der Waals surface area contributed by atoms with Gasteiger partial charge in [0, 0.05) is 44.4 Å². The fourth-order valence-electron chi connectivity index (χ4n) is 3.45. The number of carbonyl (C=O) groups is 1. The molecule has 2 aliphatic rings. The normalized spacial score (nSPS) is 19.3. The second-order valence-corrected chi connectivity index (χ2v) is 6.59. The lowest BCUT2D eigenvalue weighted by atomic mass is 9.96. The van der Waals surface area contributed by atoms with Crippen LogP contribution < -0.4 is 0 Å². The average Bonchev–Trinajstić information content (AvgIpc) is 3.10. The van der Waals surface area contributed by atoms with E-state index in [0.717, 1.165) is 44.1 Å². The molecule has 4 rings (SSSR count). The lowest BCUT2D eigenvalue weighted by Gasteiger charge is -2.31. The molecule has 122 valence electrons. The molecule has 0 radical (unpaired) electrons. The summed E-state index contributed by atoms with van der Waals surface area (Å²) in [6, 6.07) is 0.560. The third-order valence-electron chi connectivity index (χ3n) is 4.89. The van der Waals surface area contributed by atoms with Gasteiger partial charge in [-0.05, 0) is 25.7 Å². The Morgan fingerprint density at radius 2 is 2.00 bits per heavy atom. The summed E-state index contributed by atoms with van der Waals surface area (Å²) in [5.74, 6) is 2.73. The van der Waals surface area contributed by atoms with Crippen molar-refractivity contribution < 1.29 is 4.79 Å². The number of carbonyl (C=O) groups excluding carboxylic acids is 1. The van der Waals surface area contributed by atoms with E-state index >= 15 is 0 Å². The number of nitrogens with zero attached hydrogens (tertiary/aromatic N) is 6. The van der Waals surface area contributed by atoms with Crippen LogP contribution in [0.15, 0.2) is 18.7 Å². The van der Waals surface area contributed by atoms with Gasteiger partial charge >= 0.3 is 0 Å². The van der Waals surface area contributed by atoms with Crippen LogP contribution in [0.4, 0.5) is 0 Å². The fraction of sp³-hybridized carbons (Fsp3) is 0.625. The molecule has 2 fully saturated rings. The number of amides is 1. The summed E-state index contributed by atoms with van der Waals surface area (Å²) >= 11 is 0. The molecule has 0 aromatic carbocycles. The molecule has 1 aliphatic heterocycles. The summed E-state index contributed by atoms with van der Waals surface area (Å²) < 4.78 is 4.39. The molecule has 1 aliphatic carbocycles. The summed E-state index contributed by atoms with van der Waals surface area (Å²) in [6.07, 6.45) is 9.96. The molecule has 7 heteroatoms. The van der Waals surface area contributed by atoms with Crippen molar-refractivity contribution in [3.8, 4) is 0 Å². The van der Waals surface area contributed by atoms with Crippen molar-refractivity contribution in [3.05, 3.63) is 30.4 Å². The lowest BCUT2D eigenvalue weighted by Crippen LogP contribution is -2.36. The smallest absolute Gasteiger partial charge is 0.219 e. The highest BCUT2D eigenvalue weighted by atomic mass is 16.2. The first kappa shape index (κ1) is 14.4. The zero-order valence-electron chi connectivity index (χ0n) is 13.4. The Morgan fingerprint density at radius 3 is 2.61 bits per heavy atom. The van der Waals surface area contributed by atoms with Crippen molar-refractivity contribution in [3.63, 3.8) is 0 Å². The van der Waals surface area contributed by atoms with E-state index in [4.69, 9.17) is 0 Å². The average molecular weight is 314 g/mol. The first-order chi connectivity index (χ1) is 11.2. The number of imidazole rings is 1. The van der Waals surface area contributed by atoms with Gasteiger partial charge < -0.3 is 14.0 Å². The number of hydrogen-bond acceptors (Lipinski definition) is 4. The highest BCUT2D eigenvalue weighted by Gasteiger charge is 2.33. The Bertz CT molecular complexity index is 679. The van der Waals surface area contributed by atoms with Crippen molar-refractivity contribution in [1.82, 2.24) is 29.2 Å². The molecule has 23 heavy (non-hydrogen) atoms. The molecule has 0 unspecified atom stereocenters. The summed E-state index contributed by atoms with van der Waals surface area (Å²) in [4.78, 5) is 17.5. The molecule has 0 atom stereocenters. The summed E-state index contributed by atoms with van der Waals surface area (Å²) in [5.41, 5.74) is 0. The molecular weight excluding hydrogens is 292 g/mol. The predicted octanol–water partition coefficient (Wildman–Crippen LogP) is 1.58. The van der Waals surface area contributed by atoms with Crippen molar-refractivity contribution in [2.24, 2.45) is 0 Å². The third kappa shape index (κ3) is 2.87. The first-order valence-corrected chi connectivity index (χ1v) is 8.37. The highest BCUT2D eigenvalue weighted by molar-refractivity contribution is 5.73. The van der Waals surface area contributed by atoms with Crippen molar-refractivity contribution >= 4 is 5.91 Å².